The molecule has 0 fully saturated rings. The fraction of sp³-hybridized carbons (Fsp3) is 0.355. The minimum absolute atomic E-state index is 0.137. The van der Waals surface area contributed by atoms with Crippen LogP contribution < -0.4 is 4.74 Å². The molecular formula is C31H36O4. The van der Waals surface area contributed by atoms with Gasteiger partial charge < -0.3 is 9.47 Å². The molecule has 0 aliphatic rings. The molecule has 0 radical (unpaired) electrons. The molecule has 35 heavy (non-hydrogen) atoms. The molecule has 0 aromatic heterocycles. The average Bonchev–Trinajstić information content (AvgIpc) is 2.88. The maximum Gasteiger partial charge on any atom is 0.343 e. The fourth-order valence-corrected chi connectivity index (χ4v) is 4.17. The largest absolute Gasteiger partial charge is 0.459 e. The highest BCUT2D eigenvalue weighted by Crippen LogP contribution is 2.22. The Morgan fingerprint density at radius 2 is 1.23 bits per heavy atom. The van der Waals surface area contributed by atoms with Crippen LogP contribution in [0.4, 0.5) is 0 Å². The van der Waals surface area contributed by atoms with Crippen molar-refractivity contribution in [1.29, 1.82) is 0 Å². The lowest BCUT2D eigenvalue weighted by atomic mass is 9.97. The molecule has 0 amide bonds. The number of hydrogen-bond donors (Lipinski definition) is 0. The molecule has 0 saturated carbocycles. The first-order valence-electron chi connectivity index (χ1n) is 12.7. The predicted octanol–water partition coefficient (Wildman–Crippen LogP) is 7.90. The summed E-state index contributed by atoms with van der Waals surface area (Å²) in [6, 6.07) is 22.4. The van der Waals surface area contributed by atoms with Crippen LogP contribution in [0.15, 0.2) is 72.8 Å². The van der Waals surface area contributed by atoms with Gasteiger partial charge in [0.05, 0.1) is 17.2 Å². The van der Waals surface area contributed by atoms with Crippen LogP contribution in [-0.2, 0) is 11.2 Å². The lowest BCUT2D eigenvalue weighted by molar-refractivity contribution is 0.0285. The zero-order chi connectivity index (χ0) is 25.2. The van der Waals surface area contributed by atoms with E-state index in [-0.39, 0.29) is 12.1 Å². The van der Waals surface area contributed by atoms with Crippen molar-refractivity contribution >= 4 is 11.9 Å². The SMILES string of the molecule is CCCc1ccc(-c2ccc(C(=O)Oc3ccc(C(=O)OC(C)CC(CC)CC)cc3)cc2)cc1. The number of rotatable bonds is 11. The van der Waals surface area contributed by atoms with Crippen molar-refractivity contribution in [3.8, 4) is 16.9 Å². The summed E-state index contributed by atoms with van der Waals surface area (Å²) in [6.07, 6.45) is 5.07. The third-order valence-corrected chi connectivity index (χ3v) is 6.38. The predicted molar refractivity (Wildman–Crippen MR) is 141 cm³/mol. The molecule has 4 nitrogen and oxygen atoms in total. The van der Waals surface area contributed by atoms with Gasteiger partial charge in [-0.3, -0.25) is 0 Å². The topological polar surface area (TPSA) is 52.6 Å². The van der Waals surface area contributed by atoms with E-state index < -0.39 is 5.97 Å². The quantitative estimate of drug-likeness (QED) is 0.210. The zero-order valence-corrected chi connectivity index (χ0v) is 21.3. The highest BCUT2D eigenvalue weighted by Gasteiger charge is 2.16. The van der Waals surface area contributed by atoms with Gasteiger partial charge >= 0.3 is 11.9 Å². The molecule has 0 N–H and O–H groups in total. The Bertz CT molecular complexity index is 1080. The number of ether oxygens (including phenoxy) is 2. The molecule has 0 bridgehead atoms. The van der Waals surface area contributed by atoms with Gasteiger partial charge in [-0.15, -0.1) is 0 Å². The van der Waals surface area contributed by atoms with E-state index in [4.69, 9.17) is 9.47 Å². The maximum atomic E-state index is 12.6. The van der Waals surface area contributed by atoms with Crippen LogP contribution in [0, 0.1) is 5.92 Å². The van der Waals surface area contributed by atoms with E-state index in [1.54, 1.807) is 36.4 Å². The van der Waals surface area contributed by atoms with E-state index in [1.165, 1.54) is 5.56 Å². The van der Waals surface area contributed by atoms with Gasteiger partial charge in [0.15, 0.2) is 0 Å². The summed E-state index contributed by atoms with van der Waals surface area (Å²) in [5.74, 6) is 0.135. The van der Waals surface area contributed by atoms with Crippen LogP contribution in [0.2, 0.25) is 0 Å². The summed E-state index contributed by atoms with van der Waals surface area (Å²) in [7, 11) is 0. The molecule has 0 aliphatic carbocycles. The molecule has 4 heteroatoms. The first-order chi connectivity index (χ1) is 16.9. The third-order valence-electron chi connectivity index (χ3n) is 6.38. The Morgan fingerprint density at radius 1 is 0.714 bits per heavy atom. The van der Waals surface area contributed by atoms with Gasteiger partial charge in [-0.1, -0.05) is 76.4 Å². The van der Waals surface area contributed by atoms with Gasteiger partial charge in [0.1, 0.15) is 5.75 Å². The second-order valence-corrected chi connectivity index (χ2v) is 9.07. The Morgan fingerprint density at radius 3 is 1.77 bits per heavy atom. The Balaban J connectivity index is 1.56. The second-order valence-electron chi connectivity index (χ2n) is 9.07. The Hall–Kier alpha value is -3.40. The van der Waals surface area contributed by atoms with Gasteiger partial charge in [-0.25, -0.2) is 9.59 Å². The monoisotopic (exact) mass is 472 g/mol. The minimum Gasteiger partial charge on any atom is -0.459 e. The molecule has 0 spiro atoms. The molecule has 3 rings (SSSR count). The summed E-state index contributed by atoms with van der Waals surface area (Å²) >= 11 is 0. The zero-order valence-electron chi connectivity index (χ0n) is 21.3. The van der Waals surface area contributed by atoms with Gasteiger partial charge in [0.25, 0.3) is 0 Å². The van der Waals surface area contributed by atoms with E-state index in [2.05, 4.69) is 45.0 Å². The van der Waals surface area contributed by atoms with E-state index in [9.17, 15) is 9.59 Å². The van der Waals surface area contributed by atoms with Crippen molar-refractivity contribution in [1.82, 2.24) is 0 Å². The number of carbonyl (C=O) groups excluding carboxylic acids is 2. The summed E-state index contributed by atoms with van der Waals surface area (Å²) in [5.41, 5.74) is 4.39. The highest BCUT2D eigenvalue weighted by molar-refractivity contribution is 5.92. The van der Waals surface area contributed by atoms with Crippen LogP contribution in [0.3, 0.4) is 0 Å². The summed E-state index contributed by atoms with van der Waals surface area (Å²) < 4.78 is 11.1. The van der Waals surface area contributed by atoms with Crippen molar-refractivity contribution in [3.63, 3.8) is 0 Å². The first kappa shape index (κ1) is 26.2. The number of hydrogen-bond acceptors (Lipinski definition) is 4. The van der Waals surface area contributed by atoms with E-state index in [1.807, 2.05) is 19.1 Å². The second kappa shape index (κ2) is 12.9. The van der Waals surface area contributed by atoms with Gasteiger partial charge in [0.2, 0.25) is 0 Å². The van der Waals surface area contributed by atoms with Crippen molar-refractivity contribution in [3.05, 3.63) is 89.5 Å². The highest BCUT2D eigenvalue weighted by atomic mass is 16.5. The molecule has 0 heterocycles. The van der Waals surface area contributed by atoms with E-state index in [0.29, 0.717) is 22.8 Å². The fourth-order valence-electron chi connectivity index (χ4n) is 4.17. The van der Waals surface area contributed by atoms with Crippen molar-refractivity contribution in [2.24, 2.45) is 5.92 Å². The first-order valence-corrected chi connectivity index (χ1v) is 12.7. The number of aryl methyl sites for hydroxylation is 1. The standard InChI is InChI=1S/C31H36O4/c1-5-8-24-9-11-25(12-10-24)26-13-15-27(16-14-26)31(33)35-29-19-17-28(18-20-29)30(32)34-22(4)21-23(6-2)7-3/h9-20,22-23H,5-8,21H2,1-4H3. The molecule has 3 aromatic carbocycles. The number of carbonyl (C=O) groups is 2. The van der Waals surface area contributed by atoms with Gasteiger partial charge in [0, 0.05) is 0 Å². The molecule has 1 atom stereocenters. The molecule has 0 saturated heterocycles. The minimum atomic E-state index is -0.441. The van der Waals surface area contributed by atoms with Crippen LogP contribution in [-0.4, -0.2) is 18.0 Å². The number of esters is 2. The lowest BCUT2D eigenvalue weighted by Gasteiger charge is -2.18. The smallest absolute Gasteiger partial charge is 0.343 e. The lowest BCUT2D eigenvalue weighted by Crippen LogP contribution is -2.18. The van der Waals surface area contributed by atoms with Crippen LogP contribution in [0.5, 0.6) is 5.75 Å². The Kier molecular flexibility index (Phi) is 9.66. The summed E-state index contributed by atoms with van der Waals surface area (Å²) in [4.78, 5) is 25.0. The van der Waals surface area contributed by atoms with Gasteiger partial charge in [-0.2, -0.15) is 0 Å². The molecule has 1 unspecified atom stereocenters. The molecular weight excluding hydrogens is 436 g/mol. The van der Waals surface area contributed by atoms with E-state index >= 15 is 0 Å². The molecule has 3 aromatic rings. The molecule has 0 aliphatic heterocycles. The normalized spacial score (nSPS) is 11.8. The van der Waals surface area contributed by atoms with Crippen molar-refractivity contribution in [2.75, 3.05) is 0 Å². The van der Waals surface area contributed by atoms with Crippen LogP contribution >= 0.6 is 0 Å². The summed E-state index contributed by atoms with van der Waals surface area (Å²) in [5, 5.41) is 0. The summed E-state index contributed by atoms with van der Waals surface area (Å²) in [6.45, 7) is 8.41. The van der Waals surface area contributed by atoms with Crippen LogP contribution in [0.1, 0.15) is 79.7 Å². The third kappa shape index (κ3) is 7.54. The maximum absolute atomic E-state index is 12.6. The average molecular weight is 473 g/mol. The Labute approximate surface area is 209 Å². The van der Waals surface area contributed by atoms with Crippen LogP contribution in [0.25, 0.3) is 11.1 Å². The molecule has 184 valence electrons. The van der Waals surface area contributed by atoms with Crippen molar-refractivity contribution in [2.45, 2.75) is 65.9 Å². The van der Waals surface area contributed by atoms with Crippen molar-refractivity contribution < 1.29 is 19.1 Å². The van der Waals surface area contributed by atoms with Gasteiger partial charge in [-0.05, 0) is 78.8 Å². The number of benzene rings is 3. The van der Waals surface area contributed by atoms with E-state index in [0.717, 1.165) is 43.2 Å².